The number of nitrogens with zero attached hydrogens (tertiary/aromatic N) is 1. The van der Waals surface area contributed by atoms with Crippen LogP contribution in [0.2, 0.25) is 5.02 Å². The lowest BCUT2D eigenvalue weighted by molar-refractivity contribution is -0.139. The number of amides is 1. The molecule has 1 heterocycles. The van der Waals surface area contributed by atoms with Crippen LogP contribution in [0.5, 0.6) is 11.5 Å². The molecule has 0 radical (unpaired) electrons. The molecule has 0 spiro atoms. The number of phenols is 1. The highest BCUT2D eigenvalue weighted by Gasteiger charge is 2.46. The Kier molecular flexibility index (Phi) is 7.89. The molecule has 1 unspecified atom stereocenters. The highest BCUT2D eigenvalue weighted by Crippen LogP contribution is 2.40. The quantitative estimate of drug-likeness (QED) is 0.146. The molecule has 4 aromatic rings. The number of aliphatic hydroxyl groups is 1. The molecule has 0 aromatic heterocycles. The van der Waals surface area contributed by atoms with Crippen molar-refractivity contribution in [3.05, 3.63) is 135 Å². The number of rotatable bonds is 8. The fourth-order valence-corrected chi connectivity index (χ4v) is 5.03. The van der Waals surface area contributed by atoms with E-state index in [0.717, 1.165) is 16.7 Å². The van der Waals surface area contributed by atoms with Crippen LogP contribution in [0.3, 0.4) is 0 Å². The van der Waals surface area contributed by atoms with Crippen LogP contribution < -0.4 is 4.74 Å². The van der Waals surface area contributed by atoms with Gasteiger partial charge in [-0.1, -0.05) is 66.2 Å². The van der Waals surface area contributed by atoms with E-state index in [1.165, 1.54) is 17.0 Å². The molecule has 0 aliphatic carbocycles. The number of aryl methyl sites for hydroxylation is 1. The Morgan fingerprint density at radius 1 is 0.900 bits per heavy atom. The Hall–Kier alpha value is -4.55. The Bertz CT molecular complexity index is 1580. The first-order valence-corrected chi connectivity index (χ1v) is 13.3. The number of hydrogen-bond donors (Lipinski definition) is 2. The van der Waals surface area contributed by atoms with E-state index >= 15 is 0 Å². The van der Waals surface area contributed by atoms with Crippen LogP contribution >= 0.6 is 11.6 Å². The first kappa shape index (κ1) is 27.0. The molecule has 6 nitrogen and oxygen atoms in total. The van der Waals surface area contributed by atoms with Gasteiger partial charge in [-0.2, -0.15) is 0 Å². The number of aromatic hydroxyl groups is 1. The third-order valence-corrected chi connectivity index (χ3v) is 7.22. The third-order valence-electron chi connectivity index (χ3n) is 6.97. The van der Waals surface area contributed by atoms with Crippen molar-refractivity contribution in [2.45, 2.75) is 26.0 Å². The van der Waals surface area contributed by atoms with Crippen LogP contribution in [0.25, 0.3) is 5.76 Å². The zero-order valence-electron chi connectivity index (χ0n) is 21.9. The standard InChI is InChI=1S/C33H28ClNO5/c1-21-18-25(12-15-28(21)40-20-23-6-3-2-4-7-23)31(37)29-30(24-8-5-9-27(36)19-24)35(33(39)32(29)38)17-16-22-10-13-26(34)14-11-22/h2-15,18-19,30,36-37H,16-17,20H2,1H3/b31-29-. The van der Waals surface area contributed by atoms with Crippen molar-refractivity contribution in [2.75, 3.05) is 6.54 Å². The van der Waals surface area contributed by atoms with E-state index in [-0.39, 0.29) is 23.6 Å². The summed E-state index contributed by atoms with van der Waals surface area (Å²) in [6.45, 7) is 2.48. The first-order chi connectivity index (χ1) is 19.3. The summed E-state index contributed by atoms with van der Waals surface area (Å²) >= 11 is 6.00. The summed E-state index contributed by atoms with van der Waals surface area (Å²) in [4.78, 5) is 28.1. The molecular weight excluding hydrogens is 526 g/mol. The van der Waals surface area contributed by atoms with E-state index in [9.17, 15) is 19.8 Å². The number of aliphatic hydroxyl groups excluding tert-OH is 1. The maximum atomic E-state index is 13.4. The van der Waals surface area contributed by atoms with E-state index in [4.69, 9.17) is 16.3 Å². The van der Waals surface area contributed by atoms with Gasteiger partial charge in [-0.25, -0.2) is 0 Å². The van der Waals surface area contributed by atoms with E-state index in [1.54, 1.807) is 42.5 Å². The van der Waals surface area contributed by atoms with Gasteiger partial charge in [-0.15, -0.1) is 0 Å². The molecule has 4 aromatic carbocycles. The van der Waals surface area contributed by atoms with E-state index in [1.807, 2.05) is 49.4 Å². The van der Waals surface area contributed by atoms with Gasteiger partial charge in [-0.05, 0) is 78.1 Å². The predicted molar refractivity (Wildman–Crippen MR) is 154 cm³/mol. The topological polar surface area (TPSA) is 87.1 Å². The van der Waals surface area contributed by atoms with Crippen molar-refractivity contribution in [1.82, 2.24) is 4.90 Å². The van der Waals surface area contributed by atoms with Crippen molar-refractivity contribution in [3.63, 3.8) is 0 Å². The van der Waals surface area contributed by atoms with E-state index in [2.05, 4.69) is 0 Å². The minimum absolute atomic E-state index is 0.00319. The number of benzene rings is 4. The zero-order chi connectivity index (χ0) is 28.2. The summed E-state index contributed by atoms with van der Waals surface area (Å²) in [5.41, 5.74) is 3.64. The Morgan fingerprint density at radius 2 is 1.65 bits per heavy atom. The van der Waals surface area contributed by atoms with Gasteiger partial charge in [0.05, 0.1) is 11.6 Å². The van der Waals surface area contributed by atoms with Gasteiger partial charge < -0.3 is 19.8 Å². The van der Waals surface area contributed by atoms with Gasteiger partial charge in [0.25, 0.3) is 11.7 Å². The van der Waals surface area contributed by atoms with Gasteiger partial charge in [0.2, 0.25) is 0 Å². The summed E-state index contributed by atoms with van der Waals surface area (Å²) in [5, 5.41) is 22.2. The molecule has 1 aliphatic rings. The number of halogens is 1. The van der Waals surface area contributed by atoms with Crippen molar-refractivity contribution in [2.24, 2.45) is 0 Å². The second-order valence-corrected chi connectivity index (χ2v) is 10.2. The average Bonchev–Trinajstić information content (AvgIpc) is 3.21. The molecule has 1 atom stereocenters. The number of phenolic OH excluding ortho intramolecular Hbond substituents is 1. The van der Waals surface area contributed by atoms with E-state index < -0.39 is 17.7 Å². The second kappa shape index (κ2) is 11.7. The molecule has 1 amide bonds. The first-order valence-electron chi connectivity index (χ1n) is 12.9. The molecule has 5 rings (SSSR count). The van der Waals surface area contributed by atoms with Crippen LogP contribution in [0.15, 0.2) is 103 Å². The van der Waals surface area contributed by atoms with Crippen LogP contribution in [-0.4, -0.2) is 33.3 Å². The summed E-state index contributed by atoms with van der Waals surface area (Å²) in [6.07, 6.45) is 0.478. The number of Topliss-reactive ketones (excluding diaryl/α,β-unsaturated/α-hetero) is 1. The number of carbonyl (C=O) groups is 2. The van der Waals surface area contributed by atoms with Gasteiger partial charge in [0.1, 0.15) is 23.9 Å². The van der Waals surface area contributed by atoms with Crippen LogP contribution in [0, 0.1) is 6.92 Å². The largest absolute Gasteiger partial charge is 0.508 e. The Morgan fingerprint density at radius 3 is 2.35 bits per heavy atom. The molecule has 40 heavy (non-hydrogen) atoms. The second-order valence-electron chi connectivity index (χ2n) is 9.72. The highest BCUT2D eigenvalue weighted by molar-refractivity contribution is 6.46. The van der Waals surface area contributed by atoms with Gasteiger partial charge in [0, 0.05) is 17.1 Å². The molecule has 1 aliphatic heterocycles. The summed E-state index contributed by atoms with van der Waals surface area (Å²) < 4.78 is 5.96. The maximum absolute atomic E-state index is 13.4. The van der Waals surface area contributed by atoms with Crippen LogP contribution in [-0.2, 0) is 22.6 Å². The Balaban J connectivity index is 1.48. The van der Waals surface area contributed by atoms with Crippen molar-refractivity contribution in [1.29, 1.82) is 0 Å². The van der Waals surface area contributed by atoms with Crippen molar-refractivity contribution < 1.29 is 24.5 Å². The number of hydrogen-bond acceptors (Lipinski definition) is 5. The van der Waals surface area contributed by atoms with Gasteiger partial charge >= 0.3 is 0 Å². The zero-order valence-corrected chi connectivity index (χ0v) is 22.6. The van der Waals surface area contributed by atoms with E-state index in [0.29, 0.717) is 34.9 Å². The maximum Gasteiger partial charge on any atom is 0.295 e. The summed E-state index contributed by atoms with van der Waals surface area (Å²) in [5.74, 6) is -1.12. The lowest BCUT2D eigenvalue weighted by Gasteiger charge is -2.25. The SMILES string of the molecule is Cc1cc(/C(O)=C2/C(=O)C(=O)N(CCc3ccc(Cl)cc3)C2c2cccc(O)c2)ccc1OCc1ccccc1. The number of carbonyl (C=O) groups excluding carboxylic acids is 2. The smallest absolute Gasteiger partial charge is 0.295 e. The molecule has 0 saturated carbocycles. The monoisotopic (exact) mass is 553 g/mol. The summed E-state index contributed by atoms with van der Waals surface area (Å²) in [6, 6.07) is 27.7. The van der Waals surface area contributed by atoms with Crippen LogP contribution in [0.1, 0.15) is 33.9 Å². The minimum atomic E-state index is -0.867. The third kappa shape index (κ3) is 5.72. The average molecular weight is 554 g/mol. The lowest BCUT2D eigenvalue weighted by atomic mass is 9.94. The highest BCUT2D eigenvalue weighted by atomic mass is 35.5. The molecular formula is C33H28ClNO5. The predicted octanol–water partition coefficient (Wildman–Crippen LogP) is 6.60. The van der Waals surface area contributed by atoms with Gasteiger partial charge in [-0.3, -0.25) is 9.59 Å². The normalized spacial score (nSPS) is 16.4. The molecule has 2 N–H and O–H groups in total. The summed E-state index contributed by atoms with van der Waals surface area (Å²) in [7, 11) is 0. The number of ketones is 1. The molecule has 202 valence electrons. The fraction of sp³-hybridized carbons (Fsp3) is 0.152. The minimum Gasteiger partial charge on any atom is -0.508 e. The van der Waals surface area contributed by atoms with Gasteiger partial charge in [0.15, 0.2) is 0 Å². The van der Waals surface area contributed by atoms with Crippen molar-refractivity contribution in [3.8, 4) is 11.5 Å². The Labute approximate surface area is 237 Å². The molecule has 7 heteroatoms. The molecule has 1 saturated heterocycles. The fourth-order valence-electron chi connectivity index (χ4n) is 4.90. The molecule has 0 bridgehead atoms. The lowest BCUT2D eigenvalue weighted by Crippen LogP contribution is -2.31. The van der Waals surface area contributed by atoms with Crippen molar-refractivity contribution >= 4 is 29.1 Å². The molecule has 1 fully saturated rings. The van der Waals surface area contributed by atoms with Crippen LogP contribution in [0.4, 0.5) is 0 Å². The number of ether oxygens (including phenoxy) is 1. The number of likely N-dealkylation sites (tertiary alicyclic amines) is 1.